The Bertz CT molecular complexity index is 1070. The molecule has 4 N–H and O–H groups in total. The van der Waals surface area contributed by atoms with Gasteiger partial charge in [0.2, 0.25) is 11.8 Å². The van der Waals surface area contributed by atoms with Crippen molar-refractivity contribution in [3.8, 4) is 11.1 Å². The number of carbonyl (C=O) groups excluding carboxylic acids is 3. The number of fused-ring (bicyclic) bond motifs is 3. The molecule has 3 amide bonds. The van der Waals surface area contributed by atoms with Crippen molar-refractivity contribution in [3.05, 3.63) is 59.7 Å². The Morgan fingerprint density at radius 2 is 1.57 bits per heavy atom. The van der Waals surface area contributed by atoms with E-state index in [-0.39, 0.29) is 44.2 Å². The lowest BCUT2D eigenvalue weighted by molar-refractivity contribution is -0.137. The Morgan fingerprint density at radius 1 is 0.914 bits per heavy atom. The van der Waals surface area contributed by atoms with Crippen LogP contribution in [-0.4, -0.2) is 67.9 Å². The molecule has 1 aliphatic heterocycles. The van der Waals surface area contributed by atoms with Crippen LogP contribution in [0.3, 0.4) is 0 Å². The maximum Gasteiger partial charge on any atom is 0.407 e. The summed E-state index contributed by atoms with van der Waals surface area (Å²) >= 11 is 0. The van der Waals surface area contributed by atoms with Gasteiger partial charge in [-0.05, 0) is 28.7 Å². The Labute approximate surface area is 202 Å². The van der Waals surface area contributed by atoms with Gasteiger partial charge in [-0.2, -0.15) is 0 Å². The van der Waals surface area contributed by atoms with Crippen molar-refractivity contribution in [2.45, 2.75) is 18.4 Å². The quantitative estimate of drug-likeness (QED) is 0.422. The van der Waals surface area contributed by atoms with Gasteiger partial charge in [0.05, 0.1) is 25.2 Å². The number of hydrogen-bond acceptors (Lipinski definition) is 6. The van der Waals surface area contributed by atoms with Crippen molar-refractivity contribution < 1.29 is 33.8 Å². The lowest BCUT2D eigenvalue weighted by atomic mass is 9.98. The van der Waals surface area contributed by atoms with Crippen LogP contribution in [0.15, 0.2) is 48.5 Å². The molecule has 184 valence electrons. The van der Waals surface area contributed by atoms with Gasteiger partial charge in [0, 0.05) is 12.5 Å². The molecule has 2 aliphatic rings. The third-order valence-electron chi connectivity index (χ3n) is 6.13. The molecule has 35 heavy (non-hydrogen) atoms. The van der Waals surface area contributed by atoms with Gasteiger partial charge < -0.3 is 30.5 Å². The van der Waals surface area contributed by atoms with E-state index in [1.54, 1.807) is 0 Å². The molecule has 0 spiro atoms. The zero-order valence-electron chi connectivity index (χ0n) is 19.0. The molecule has 10 heteroatoms. The SMILES string of the molecule is O=C(O)CNC(=O)CNC(=O)[C@@H]1CO[C@H](CNC(=O)OCC2c3ccccc3-c3ccccc32)C1. The van der Waals surface area contributed by atoms with Crippen molar-refractivity contribution in [1.82, 2.24) is 16.0 Å². The van der Waals surface area contributed by atoms with E-state index in [2.05, 4.69) is 40.2 Å². The van der Waals surface area contributed by atoms with Crippen LogP contribution in [0.2, 0.25) is 0 Å². The molecule has 2 atom stereocenters. The molecule has 4 rings (SSSR count). The second-order valence-electron chi connectivity index (χ2n) is 8.48. The minimum absolute atomic E-state index is 0.0309. The van der Waals surface area contributed by atoms with E-state index in [1.807, 2.05) is 24.3 Å². The highest BCUT2D eigenvalue weighted by atomic mass is 16.5. The maximum atomic E-state index is 12.3. The number of ether oxygens (including phenoxy) is 2. The standard InChI is InChI=1S/C25H27N3O7/c29-22(26-12-23(30)31)11-27-24(32)15-9-16(34-13-15)10-28-25(33)35-14-21-19-7-3-1-5-17(19)18-6-2-4-8-20(18)21/h1-8,15-16,21H,9-14H2,(H,26,29)(H,27,32)(H,28,33)(H,30,31)/t15-,16-/m0/s1. The van der Waals surface area contributed by atoms with Gasteiger partial charge in [-0.1, -0.05) is 48.5 Å². The highest BCUT2D eigenvalue weighted by molar-refractivity contribution is 5.87. The summed E-state index contributed by atoms with van der Waals surface area (Å²) in [6.07, 6.45) is -0.530. The topological polar surface area (TPSA) is 143 Å². The number of carboxylic acids is 1. The predicted octanol–water partition coefficient (Wildman–Crippen LogP) is 1.25. The third kappa shape index (κ3) is 5.96. The number of carbonyl (C=O) groups is 4. The van der Waals surface area contributed by atoms with E-state index in [9.17, 15) is 19.2 Å². The first-order valence-corrected chi connectivity index (χ1v) is 11.4. The van der Waals surface area contributed by atoms with Crippen LogP contribution in [0.25, 0.3) is 11.1 Å². The molecule has 10 nitrogen and oxygen atoms in total. The van der Waals surface area contributed by atoms with E-state index in [0.717, 1.165) is 22.3 Å². The first kappa shape index (κ1) is 24.2. The van der Waals surface area contributed by atoms with E-state index < -0.39 is 30.4 Å². The minimum atomic E-state index is -1.17. The lowest BCUT2D eigenvalue weighted by Gasteiger charge is -2.15. The lowest BCUT2D eigenvalue weighted by Crippen LogP contribution is -2.41. The molecule has 0 radical (unpaired) electrons. The third-order valence-corrected chi connectivity index (χ3v) is 6.13. The van der Waals surface area contributed by atoms with Crippen LogP contribution in [-0.2, 0) is 23.9 Å². The molecular weight excluding hydrogens is 454 g/mol. The van der Waals surface area contributed by atoms with Crippen molar-refractivity contribution in [1.29, 1.82) is 0 Å². The Hall–Kier alpha value is -3.92. The summed E-state index contributed by atoms with van der Waals surface area (Å²) in [5.41, 5.74) is 4.57. The normalized spacial score (nSPS) is 18.3. The molecule has 2 aromatic rings. The molecular formula is C25H27N3O7. The van der Waals surface area contributed by atoms with E-state index in [1.165, 1.54) is 0 Å². The van der Waals surface area contributed by atoms with Gasteiger partial charge in [-0.3, -0.25) is 14.4 Å². The number of amides is 3. The average Bonchev–Trinajstić information content (AvgIpc) is 3.46. The van der Waals surface area contributed by atoms with E-state index in [4.69, 9.17) is 14.6 Å². The first-order valence-electron chi connectivity index (χ1n) is 11.4. The van der Waals surface area contributed by atoms with Crippen molar-refractivity contribution in [2.75, 3.05) is 32.8 Å². The van der Waals surface area contributed by atoms with Crippen LogP contribution in [0.5, 0.6) is 0 Å². The molecule has 1 fully saturated rings. The molecule has 0 bridgehead atoms. The Morgan fingerprint density at radius 3 is 2.23 bits per heavy atom. The fourth-order valence-electron chi connectivity index (χ4n) is 4.43. The number of rotatable bonds is 9. The smallest absolute Gasteiger partial charge is 0.407 e. The number of alkyl carbamates (subject to hydrolysis) is 1. The van der Waals surface area contributed by atoms with E-state index >= 15 is 0 Å². The van der Waals surface area contributed by atoms with Gasteiger partial charge in [0.1, 0.15) is 13.2 Å². The summed E-state index contributed by atoms with van der Waals surface area (Å²) in [5.74, 6) is -2.61. The summed E-state index contributed by atoms with van der Waals surface area (Å²) in [6.45, 7) is -0.254. The second-order valence-corrected chi connectivity index (χ2v) is 8.48. The van der Waals surface area contributed by atoms with Gasteiger partial charge >= 0.3 is 12.1 Å². The summed E-state index contributed by atoms with van der Waals surface area (Å²) < 4.78 is 11.1. The molecule has 1 aliphatic carbocycles. The number of nitrogens with one attached hydrogen (secondary N) is 3. The van der Waals surface area contributed by atoms with Gasteiger partial charge in [-0.15, -0.1) is 0 Å². The Balaban J connectivity index is 1.19. The summed E-state index contributed by atoms with van der Waals surface area (Å²) in [6, 6.07) is 16.2. The second kappa shape index (κ2) is 11.0. The first-order chi connectivity index (χ1) is 16.9. The molecule has 0 aromatic heterocycles. The highest BCUT2D eigenvalue weighted by Gasteiger charge is 2.32. The zero-order chi connectivity index (χ0) is 24.8. The van der Waals surface area contributed by atoms with Crippen molar-refractivity contribution in [2.24, 2.45) is 5.92 Å². The number of benzene rings is 2. The summed E-state index contributed by atoms with van der Waals surface area (Å²) in [7, 11) is 0. The number of carboxylic acid groups (broad SMARTS) is 1. The van der Waals surface area contributed by atoms with Gasteiger partial charge in [0.15, 0.2) is 0 Å². The number of hydrogen-bond donors (Lipinski definition) is 4. The van der Waals surface area contributed by atoms with E-state index in [0.29, 0.717) is 6.42 Å². The van der Waals surface area contributed by atoms with Crippen LogP contribution in [0.1, 0.15) is 23.5 Å². The summed E-state index contributed by atoms with van der Waals surface area (Å²) in [4.78, 5) is 46.5. The molecule has 2 aromatic carbocycles. The highest BCUT2D eigenvalue weighted by Crippen LogP contribution is 2.44. The van der Waals surface area contributed by atoms with Crippen LogP contribution in [0, 0.1) is 5.92 Å². The number of aliphatic carboxylic acids is 1. The largest absolute Gasteiger partial charge is 0.480 e. The van der Waals surface area contributed by atoms with Crippen molar-refractivity contribution in [3.63, 3.8) is 0 Å². The van der Waals surface area contributed by atoms with Crippen LogP contribution >= 0.6 is 0 Å². The zero-order valence-corrected chi connectivity index (χ0v) is 19.0. The van der Waals surface area contributed by atoms with Gasteiger partial charge in [0.25, 0.3) is 0 Å². The van der Waals surface area contributed by atoms with Crippen LogP contribution < -0.4 is 16.0 Å². The fraction of sp³-hybridized carbons (Fsp3) is 0.360. The monoisotopic (exact) mass is 481 g/mol. The Kier molecular flexibility index (Phi) is 7.61. The predicted molar refractivity (Wildman–Crippen MR) is 125 cm³/mol. The van der Waals surface area contributed by atoms with Crippen molar-refractivity contribution >= 4 is 23.9 Å². The molecule has 1 heterocycles. The molecule has 0 saturated carbocycles. The fourth-order valence-corrected chi connectivity index (χ4v) is 4.43. The average molecular weight is 482 g/mol. The van der Waals surface area contributed by atoms with Crippen LogP contribution in [0.4, 0.5) is 4.79 Å². The van der Waals surface area contributed by atoms with Gasteiger partial charge in [-0.25, -0.2) is 4.79 Å². The minimum Gasteiger partial charge on any atom is -0.480 e. The molecule has 0 unspecified atom stereocenters. The molecule has 1 saturated heterocycles. The summed E-state index contributed by atoms with van der Waals surface area (Å²) in [5, 5.41) is 15.9. The maximum absolute atomic E-state index is 12.3.